The molecule has 0 heterocycles. The van der Waals surface area contributed by atoms with Crippen LogP contribution in [0.1, 0.15) is 12.8 Å². The first-order valence-corrected chi connectivity index (χ1v) is 4.89. The average Bonchev–Trinajstić information content (AvgIpc) is 2.64. The number of hydrogen-bond acceptors (Lipinski definition) is 1. The smallest absolute Gasteiger partial charge is 0.0757 e. The molecule has 0 amide bonds. The van der Waals surface area contributed by atoms with Crippen molar-refractivity contribution in [3.05, 3.63) is 24.3 Å². The minimum absolute atomic E-state index is 0.163. The van der Waals surface area contributed by atoms with Crippen molar-refractivity contribution in [1.82, 2.24) is 0 Å². The zero-order valence-corrected chi connectivity index (χ0v) is 7.06. The molecule has 2 bridgehead atoms. The monoisotopic (exact) mass is 162 g/mol. The third kappa shape index (κ3) is 0.726. The van der Waals surface area contributed by atoms with Gasteiger partial charge in [0.25, 0.3) is 0 Å². The molecule has 0 aromatic carbocycles. The lowest BCUT2D eigenvalue weighted by Crippen LogP contribution is -2.32. The lowest BCUT2D eigenvalue weighted by Gasteiger charge is -2.32. The van der Waals surface area contributed by atoms with E-state index in [0.29, 0.717) is 11.8 Å². The summed E-state index contributed by atoms with van der Waals surface area (Å²) in [6.45, 7) is 0. The maximum absolute atomic E-state index is 9.78. The van der Waals surface area contributed by atoms with Gasteiger partial charge in [-0.25, -0.2) is 0 Å². The zero-order chi connectivity index (χ0) is 8.13. The predicted molar refractivity (Wildman–Crippen MR) is 47.5 cm³/mol. The Labute approximate surface area is 72.8 Å². The summed E-state index contributed by atoms with van der Waals surface area (Å²) >= 11 is 0. The number of allylic oxidation sites excluding steroid dienone is 3. The average molecular weight is 162 g/mol. The molecule has 64 valence electrons. The Hall–Kier alpha value is -0.560. The Bertz CT molecular complexity index is 254. The molecule has 1 nitrogen and oxygen atoms in total. The summed E-state index contributed by atoms with van der Waals surface area (Å²) in [4.78, 5) is 0. The maximum atomic E-state index is 9.78. The molecule has 0 aromatic rings. The van der Waals surface area contributed by atoms with Crippen molar-refractivity contribution < 1.29 is 5.11 Å². The Morgan fingerprint density at radius 1 is 1.08 bits per heavy atom. The molecule has 5 atom stereocenters. The second-order valence-electron chi connectivity index (χ2n) is 4.34. The van der Waals surface area contributed by atoms with Crippen LogP contribution in [0, 0.1) is 23.7 Å². The van der Waals surface area contributed by atoms with E-state index in [1.807, 2.05) is 6.08 Å². The minimum atomic E-state index is -0.163. The van der Waals surface area contributed by atoms with Crippen molar-refractivity contribution in [3.63, 3.8) is 0 Å². The summed E-state index contributed by atoms with van der Waals surface area (Å²) in [7, 11) is 0. The predicted octanol–water partition coefficient (Wildman–Crippen LogP) is 1.75. The van der Waals surface area contributed by atoms with Gasteiger partial charge in [0.2, 0.25) is 0 Å². The van der Waals surface area contributed by atoms with Crippen LogP contribution in [0.4, 0.5) is 0 Å². The van der Waals surface area contributed by atoms with Gasteiger partial charge in [-0.05, 0) is 36.5 Å². The molecular weight excluding hydrogens is 148 g/mol. The van der Waals surface area contributed by atoms with E-state index >= 15 is 0 Å². The maximum Gasteiger partial charge on any atom is 0.0757 e. The summed E-state index contributed by atoms with van der Waals surface area (Å²) in [5.41, 5.74) is 0. The minimum Gasteiger partial charge on any atom is -0.389 e. The lowest BCUT2D eigenvalue weighted by molar-refractivity contribution is 0.0942. The van der Waals surface area contributed by atoms with E-state index in [-0.39, 0.29) is 6.10 Å². The van der Waals surface area contributed by atoms with E-state index in [1.54, 1.807) is 0 Å². The van der Waals surface area contributed by atoms with Gasteiger partial charge in [-0.15, -0.1) is 0 Å². The molecule has 3 rings (SSSR count). The summed E-state index contributed by atoms with van der Waals surface area (Å²) in [5, 5.41) is 9.78. The third-order valence-electron chi connectivity index (χ3n) is 3.82. The van der Waals surface area contributed by atoms with Crippen molar-refractivity contribution in [2.24, 2.45) is 23.7 Å². The van der Waals surface area contributed by atoms with E-state index in [4.69, 9.17) is 0 Å². The summed E-state index contributed by atoms with van der Waals surface area (Å²) in [6, 6.07) is 0. The first kappa shape index (κ1) is 6.90. The molecule has 12 heavy (non-hydrogen) atoms. The normalized spacial score (nSPS) is 54.6. The topological polar surface area (TPSA) is 20.2 Å². The van der Waals surface area contributed by atoms with Crippen molar-refractivity contribution in [2.75, 3.05) is 0 Å². The Morgan fingerprint density at radius 2 is 1.92 bits per heavy atom. The molecule has 3 aliphatic rings. The summed E-state index contributed by atoms with van der Waals surface area (Å²) < 4.78 is 0. The summed E-state index contributed by atoms with van der Waals surface area (Å²) in [5.74, 6) is 2.75. The fraction of sp³-hybridized carbons (Fsp3) is 0.636. The molecule has 0 radical (unpaired) electrons. The van der Waals surface area contributed by atoms with E-state index in [9.17, 15) is 5.11 Å². The van der Waals surface area contributed by atoms with Crippen molar-refractivity contribution >= 4 is 0 Å². The van der Waals surface area contributed by atoms with Crippen LogP contribution in [0.5, 0.6) is 0 Å². The largest absolute Gasteiger partial charge is 0.389 e. The SMILES string of the molecule is O[C@H]1C=CC[C@@H]2[C@H]1[C@@H]1C=C[C@H]2C1. The molecule has 0 aliphatic heterocycles. The highest BCUT2D eigenvalue weighted by Gasteiger charge is 2.47. The highest BCUT2D eigenvalue weighted by Crippen LogP contribution is 2.52. The van der Waals surface area contributed by atoms with Crippen LogP contribution in [-0.4, -0.2) is 11.2 Å². The van der Waals surface area contributed by atoms with E-state index < -0.39 is 0 Å². The molecule has 1 N–H and O–H groups in total. The fourth-order valence-corrected chi connectivity index (χ4v) is 3.30. The van der Waals surface area contributed by atoms with Crippen LogP contribution in [0.25, 0.3) is 0 Å². The molecular formula is C11H14O. The molecule has 0 saturated heterocycles. The van der Waals surface area contributed by atoms with Gasteiger partial charge in [-0.1, -0.05) is 24.3 Å². The second kappa shape index (κ2) is 2.23. The Kier molecular flexibility index (Phi) is 1.28. The number of aliphatic hydroxyl groups excluding tert-OH is 1. The Morgan fingerprint density at radius 3 is 2.75 bits per heavy atom. The van der Waals surface area contributed by atoms with Crippen LogP contribution in [0.3, 0.4) is 0 Å². The second-order valence-corrected chi connectivity index (χ2v) is 4.34. The lowest BCUT2D eigenvalue weighted by atomic mass is 9.75. The molecule has 1 saturated carbocycles. The van der Waals surface area contributed by atoms with Crippen LogP contribution in [0.2, 0.25) is 0 Å². The van der Waals surface area contributed by atoms with E-state index in [2.05, 4.69) is 18.2 Å². The quantitative estimate of drug-likeness (QED) is 0.538. The first-order chi connectivity index (χ1) is 5.86. The van der Waals surface area contributed by atoms with Gasteiger partial charge >= 0.3 is 0 Å². The van der Waals surface area contributed by atoms with Crippen molar-refractivity contribution in [2.45, 2.75) is 18.9 Å². The molecule has 0 spiro atoms. The van der Waals surface area contributed by atoms with Gasteiger partial charge in [0.15, 0.2) is 0 Å². The molecule has 0 aromatic heterocycles. The highest BCUT2D eigenvalue weighted by atomic mass is 16.3. The Balaban J connectivity index is 1.97. The van der Waals surface area contributed by atoms with Crippen molar-refractivity contribution in [3.8, 4) is 0 Å². The standard InChI is InChI=1S/C11H14O/c12-10-3-1-2-9-7-4-5-8(6-7)11(9)10/h1,3-5,7-12H,2,6H2/t7-,8+,9-,10-,11+/m0/s1. The fourth-order valence-electron chi connectivity index (χ4n) is 3.30. The van der Waals surface area contributed by atoms with Gasteiger partial charge in [0.1, 0.15) is 0 Å². The first-order valence-electron chi connectivity index (χ1n) is 4.89. The third-order valence-corrected chi connectivity index (χ3v) is 3.82. The van der Waals surface area contributed by atoms with Crippen LogP contribution in [0.15, 0.2) is 24.3 Å². The van der Waals surface area contributed by atoms with E-state index in [0.717, 1.165) is 11.8 Å². The highest BCUT2D eigenvalue weighted by molar-refractivity contribution is 5.19. The van der Waals surface area contributed by atoms with Crippen molar-refractivity contribution in [1.29, 1.82) is 0 Å². The van der Waals surface area contributed by atoms with E-state index in [1.165, 1.54) is 12.8 Å². The van der Waals surface area contributed by atoms with Crippen LogP contribution >= 0.6 is 0 Å². The molecule has 1 fully saturated rings. The molecule has 1 heteroatoms. The number of hydrogen-bond donors (Lipinski definition) is 1. The van der Waals surface area contributed by atoms with Gasteiger partial charge in [-0.3, -0.25) is 0 Å². The number of rotatable bonds is 0. The number of fused-ring (bicyclic) bond motifs is 5. The number of aliphatic hydroxyl groups is 1. The van der Waals surface area contributed by atoms with Crippen LogP contribution in [-0.2, 0) is 0 Å². The molecule has 3 aliphatic carbocycles. The van der Waals surface area contributed by atoms with Gasteiger partial charge in [0, 0.05) is 0 Å². The summed E-state index contributed by atoms with van der Waals surface area (Å²) in [6.07, 6.45) is 11.1. The van der Waals surface area contributed by atoms with Gasteiger partial charge in [-0.2, -0.15) is 0 Å². The molecule has 0 unspecified atom stereocenters. The van der Waals surface area contributed by atoms with Gasteiger partial charge < -0.3 is 5.11 Å². The van der Waals surface area contributed by atoms with Crippen LogP contribution < -0.4 is 0 Å². The van der Waals surface area contributed by atoms with Gasteiger partial charge in [0.05, 0.1) is 6.10 Å². The zero-order valence-electron chi connectivity index (χ0n) is 7.06.